The number of ether oxygens (including phenoxy) is 1. The van der Waals surface area contributed by atoms with E-state index in [0.717, 1.165) is 0 Å². The number of sulfonamides is 1. The summed E-state index contributed by atoms with van der Waals surface area (Å²) in [5.74, 6) is 0.177. The number of rotatable bonds is 6. The molecule has 9 heteroatoms. The second kappa shape index (κ2) is 9.34. The third-order valence-corrected chi connectivity index (χ3v) is 7.09. The van der Waals surface area contributed by atoms with Crippen LogP contribution < -0.4 is 9.46 Å². The van der Waals surface area contributed by atoms with Crippen LogP contribution in [0.4, 0.5) is 0 Å². The van der Waals surface area contributed by atoms with Crippen molar-refractivity contribution in [3.05, 3.63) is 58.6 Å². The molecule has 2 aromatic carbocycles. The topological polar surface area (TPSA) is 75.7 Å². The van der Waals surface area contributed by atoms with Crippen molar-refractivity contribution in [1.29, 1.82) is 0 Å². The number of likely N-dealkylation sites (tertiary alicyclic amines) is 1. The minimum Gasteiger partial charge on any atom is -0.479 e. The second-order valence-electron chi connectivity index (χ2n) is 6.85. The smallest absolute Gasteiger partial charge is 0.263 e. The van der Waals surface area contributed by atoms with Crippen molar-refractivity contribution < 1.29 is 17.9 Å². The van der Waals surface area contributed by atoms with Crippen molar-refractivity contribution in [1.82, 2.24) is 9.62 Å². The molecule has 6 nitrogen and oxygen atoms in total. The van der Waals surface area contributed by atoms with Crippen LogP contribution in [0.15, 0.2) is 53.4 Å². The van der Waals surface area contributed by atoms with Crippen LogP contribution in [0.25, 0.3) is 0 Å². The van der Waals surface area contributed by atoms with Gasteiger partial charge >= 0.3 is 0 Å². The third-order valence-electron chi connectivity index (χ3n) is 4.75. The largest absolute Gasteiger partial charge is 0.479 e. The maximum absolute atomic E-state index is 12.7. The molecule has 1 saturated heterocycles. The highest BCUT2D eigenvalue weighted by molar-refractivity contribution is 7.89. The van der Waals surface area contributed by atoms with E-state index in [4.69, 9.17) is 27.9 Å². The molecule has 0 aliphatic carbocycles. The van der Waals surface area contributed by atoms with Crippen LogP contribution in [0, 0.1) is 0 Å². The van der Waals surface area contributed by atoms with Crippen LogP contribution in [-0.4, -0.2) is 44.5 Å². The average molecular weight is 457 g/mol. The fourth-order valence-electron chi connectivity index (χ4n) is 3.18. The number of nitrogens with one attached hydrogen (secondary N) is 1. The summed E-state index contributed by atoms with van der Waals surface area (Å²) in [6, 6.07) is 13.0. The highest BCUT2D eigenvalue weighted by Gasteiger charge is 2.29. The van der Waals surface area contributed by atoms with E-state index in [9.17, 15) is 13.2 Å². The Kier molecular flexibility index (Phi) is 7.05. The van der Waals surface area contributed by atoms with Crippen molar-refractivity contribution >= 4 is 39.1 Å². The summed E-state index contributed by atoms with van der Waals surface area (Å²) in [7, 11) is -3.57. The number of amides is 1. The van der Waals surface area contributed by atoms with Crippen molar-refractivity contribution in [2.24, 2.45) is 0 Å². The van der Waals surface area contributed by atoms with Crippen LogP contribution in [0.5, 0.6) is 5.75 Å². The summed E-state index contributed by atoms with van der Waals surface area (Å²) in [4.78, 5) is 14.6. The Morgan fingerprint density at radius 3 is 2.41 bits per heavy atom. The number of hydrogen-bond donors (Lipinski definition) is 1. The zero-order valence-corrected chi connectivity index (χ0v) is 18.2. The van der Waals surface area contributed by atoms with E-state index in [0.29, 0.717) is 36.7 Å². The molecular formula is C20H22Cl2N2O4S. The van der Waals surface area contributed by atoms with Gasteiger partial charge in [0.05, 0.1) is 9.92 Å². The number of carbonyl (C=O) groups excluding carboxylic acids is 1. The molecule has 1 aliphatic rings. The van der Waals surface area contributed by atoms with E-state index in [-0.39, 0.29) is 21.9 Å². The monoisotopic (exact) mass is 456 g/mol. The Morgan fingerprint density at radius 1 is 1.10 bits per heavy atom. The molecule has 0 saturated carbocycles. The lowest BCUT2D eigenvalue weighted by Gasteiger charge is -2.33. The predicted molar refractivity (Wildman–Crippen MR) is 113 cm³/mol. The number of carbonyl (C=O) groups is 1. The maximum atomic E-state index is 12.7. The Morgan fingerprint density at radius 2 is 1.76 bits per heavy atom. The Labute approximate surface area is 180 Å². The SMILES string of the molecule is CC(Oc1cccc(Cl)c1Cl)C(=O)N1CCC(NS(=O)(=O)c2ccccc2)CC1. The van der Waals surface area contributed by atoms with Crippen LogP contribution in [0.2, 0.25) is 10.0 Å². The molecule has 1 aliphatic heterocycles. The second-order valence-corrected chi connectivity index (χ2v) is 9.35. The molecule has 0 bridgehead atoms. The summed E-state index contributed by atoms with van der Waals surface area (Å²) in [6.45, 7) is 2.54. The first-order valence-corrected chi connectivity index (χ1v) is 11.5. The van der Waals surface area contributed by atoms with Crippen molar-refractivity contribution in [3.8, 4) is 5.75 Å². The standard InChI is InChI=1S/C20H22Cl2N2O4S/c1-14(28-18-9-5-8-17(21)19(18)22)20(25)24-12-10-15(11-13-24)23-29(26,27)16-6-3-2-4-7-16/h2-9,14-15,23H,10-13H2,1H3. The highest BCUT2D eigenvalue weighted by Crippen LogP contribution is 2.32. The third kappa shape index (κ3) is 5.42. The predicted octanol–water partition coefficient (Wildman–Crippen LogP) is 3.73. The lowest BCUT2D eigenvalue weighted by atomic mass is 10.1. The van der Waals surface area contributed by atoms with Gasteiger partial charge in [0, 0.05) is 19.1 Å². The van der Waals surface area contributed by atoms with Gasteiger partial charge in [-0.1, -0.05) is 47.5 Å². The van der Waals surface area contributed by atoms with E-state index in [1.54, 1.807) is 60.4 Å². The minimum absolute atomic E-state index is 0.176. The first-order valence-electron chi connectivity index (χ1n) is 9.25. The fourth-order valence-corrected chi connectivity index (χ4v) is 4.84. The molecule has 2 aromatic rings. The molecule has 1 fully saturated rings. The van der Waals surface area contributed by atoms with E-state index in [1.807, 2.05) is 0 Å². The summed E-state index contributed by atoms with van der Waals surface area (Å²) in [5.41, 5.74) is 0. The van der Waals surface area contributed by atoms with Gasteiger partial charge in [-0.25, -0.2) is 13.1 Å². The average Bonchev–Trinajstić information content (AvgIpc) is 2.72. The van der Waals surface area contributed by atoms with Crippen LogP contribution in [-0.2, 0) is 14.8 Å². The molecular weight excluding hydrogens is 435 g/mol. The Hall–Kier alpha value is -1.80. The Balaban J connectivity index is 1.54. The minimum atomic E-state index is -3.57. The summed E-state index contributed by atoms with van der Waals surface area (Å²) in [5, 5.41) is 0.623. The molecule has 0 spiro atoms. The van der Waals surface area contributed by atoms with Gasteiger partial charge in [-0.15, -0.1) is 0 Å². The van der Waals surface area contributed by atoms with Gasteiger partial charge in [0.2, 0.25) is 10.0 Å². The molecule has 3 rings (SSSR count). The van der Waals surface area contributed by atoms with E-state index in [2.05, 4.69) is 4.72 Å². The van der Waals surface area contributed by atoms with Crippen molar-refractivity contribution in [2.45, 2.75) is 36.8 Å². The molecule has 156 valence electrons. The first kappa shape index (κ1) is 21.9. The van der Waals surface area contributed by atoms with Gasteiger partial charge in [0.25, 0.3) is 5.91 Å². The lowest BCUT2D eigenvalue weighted by Crippen LogP contribution is -2.49. The van der Waals surface area contributed by atoms with Gasteiger partial charge in [-0.05, 0) is 44.0 Å². The van der Waals surface area contributed by atoms with Crippen molar-refractivity contribution in [2.75, 3.05) is 13.1 Å². The highest BCUT2D eigenvalue weighted by atomic mass is 35.5. The van der Waals surface area contributed by atoms with Crippen molar-refractivity contribution in [3.63, 3.8) is 0 Å². The fraction of sp³-hybridized carbons (Fsp3) is 0.350. The maximum Gasteiger partial charge on any atom is 0.263 e. The number of nitrogens with zero attached hydrogens (tertiary/aromatic N) is 1. The van der Waals surface area contributed by atoms with Gasteiger partial charge in [-0.2, -0.15) is 0 Å². The quantitative estimate of drug-likeness (QED) is 0.718. The molecule has 1 amide bonds. The van der Waals surface area contributed by atoms with Crippen LogP contribution in [0.1, 0.15) is 19.8 Å². The molecule has 1 N–H and O–H groups in total. The summed E-state index contributed by atoms with van der Waals surface area (Å²) < 4.78 is 33.3. The summed E-state index contributed by atoms with van der Waals surface area (Å²) in [6.07, 6.45) is 0.328. The first-order chi connectivity index (χ1) is 13.8. The van der Waals surface area contributed by atoms with E-state index >= 15 is 0 Å². The van der Waals surface area contributed by atoms with E-state index in [1.165, 1.54) is 0 Å². The van der Waals surface area contributed by atoms with Gasteiger partial charge in [0.1, 0.15) is 10.8 Å². The zero-order chi connectivity index (χ0) is 21.0. The number of halogens is 2. The van der Waals surface area contributed by atoms with E-state index < -0.39 is 16.1 Å². The number of hydrogen-bond acceptors (Lipinski definition) is 4. The number of benzene rings is 2. The van der Waals surface area contributed by atoms with Crippen LogP contribution >= 0.6 is 23.2 Å². The zero-order valence-electron chi connectivity index (χ0n) is 15.8. The number of piperidine rings is 1. The van der Waals surface area contributed by atoms with Gasteiger partial charge < -0.3 is 9.64 Å². The van der Waals surface area contributed by atoms with Crippen LogP contribution in [0.3, 0.4) is 0 Å². The normalized spacial score (nSPS) is 16.4. The molecule has 0 radical (unpaired) electrons. The van der Waals surface area contributed by atoms with Gasteiger partial charge in [0.15, 0.2) is 6.10 Å². The molecule has 1 unspecified atom stereocenters. The molecule has 0 aromatic heterocycles. The molecule has 1 atom stereocenters. The lowest BCUT2D eigenvalue weighted by molar-refractivity contribution is -0.139. The molecule has 1 heterocycles. The Bertz CT molecular complexity index is 962. The van der Waals surface area contributed by atoms with Gasteiger partial charge in [-0.3, -0.25) is 4.79 Å². The molecule has 29 heavy (non-hydrogen) atoms. The summed E-state index contributed by atoms with van der Waals surface area (Å²) >= 11 is 12.1.